The molecule has 0 fully saturated rings. The molecule has 1 heterocycles. The predicted molar refractivity (Wildman–Crippen MR) is 199 cm³/mol. The van der Waals surface area contributed by atoms with Crippen LogP contribution >= 0.6 is 11.8 Å². The maximum Gasteiger partial charge on any atom is 0.270 e. The lowest BCUT2D eigenvalue weighted by Crippen LogP contribution is -2.15. The van der Waals surface area contributed by atoms with Gasteiger partial charge >= 0.3 is 0 Å². The molecule has 0 atom stereocenters. The Morgan fingerprint density at radius 3 is 2.16 bits per heavy atom. The molecule has 0 saturated heterocycles. The van der Waals surface area contributed by atoms with Crippen LogP contribution in [0.4, 0.5) is 8.78 Å². The van der Waals surface area contributed by atoms with Crippen LogP contribution < -0.4 is 5.32 Å². The van der Waals surface area contributed by atoms with Crippen molar-refractivity contribution in [2.45, 2.75) is 112 Å². The van der Waals surface area contributed by atoms with Gasteiger partial charge in [-0.1, -0.05) is 95.8 Å². The SMILES string of the molecule is CC.CCC(C)=C/C(=C\n1ncc(-c2cc(SC)cc(C(C)(F)F)c2)c1C)c1ccc(C)cc1.CCCCCNCCC.[B]C. The van der Waals surface area contributed by atoms with Crippen LogP contribution in [0.15, 0.2) is 65.2 Å². The van der Waals surface area contributed by atoms with Crippen LogP contribution in [0.1, 0.15) is 103 Å². The Kier molecular flexibility index (Phi) is 22.3. The molecule has 0 saturated carbocycles. The highest BCUT2D eigenvalue weighted by Gasteiger charge is 2.26. The third-order valence-corrected chi connectivity index (χ3v) is 7.70. The average molecular weight is 638 g/mol. The Hall–Kier alpha value is -2.64. The Labute approximate surface area is 279 Å². The van der Waals surface area contributed by atoms with E-state index in [2.05, 4.69) is 83.2 Å². The van der Waals surface area contributed by atoms with E-state index in [-0.39, 0.29) is 5.56 Å². The zero-order valence-corrected chi connectivity index (χ0v) is 30.7. The van der Waals surface area contributed by atoms with Gasteiger partial charge in [-0.15, -0.1) is 11.8 Å². The number of alkyl halides is 2. The molecule has 2 aromatic carbocycles. The highest BCUT2D eigenvalue weighted by molar-refractivity contribution is 7.98. The summed E-state index contributed by atoms with van der Waals surface area (Å²) in [5, 5.41) is 7.94. The van der Waals surface area contributed by atoms with Crippen molar-refractivity contribution in [2.24, 2.45) is 0 Å². The van der Waals surface area contributed by atoms with Crippen LogP contribution in [0, 0.1) is 13.8 Å². The van der Waals surface area contributed by atoms with Crippen LogP contribution in [-0.2, 0) is 5.92 Å². The van der Waals surface area contributed by atoms with E-state index in [1.165, 1.54) is 68.5 Å². The number of halogens is 2. The monoisotopic (exact) mass is 637 g/mol. The molecule has 0 aliphatic carbocycles. The van der Waals surface area contributed by atoms with Crippen LogP contribution in [0.25, 0.3) is 22.9 Å². The smallest absolute Gasteiger partial charge is 0.270 e. The first-order valence-corrected chi connectivity index (χ1v) is 17.6. The van der Waals surface area contributed by atoms with Gasteiger partial charge in [0.05, 0.1) is 14.0 Å². The molecule has 1 aromatic heterocycles. The quantitative estimate of drug-likeness (QED) is 0.0875. The van der Waals surface area contributed by atoms with Gasteiger partial charge in [-0.05, 0) is 94.3 Å². The molecule has 0 spiro atoms. The van der Waals surface area contributed by atoms with E-state index in [9.17, 15) is 8.78 Å². The summed E-state index contributed by atoms with van der Waals surface area (Å²) in [5.74, 6) is -2.90. The Morgan fingerprint density at radius 2 is 1.62 bits per heavy atom. The number of hydrogen-bond donors (Lipinski definition) is 1. The molecule has 0 bridgehead atoms. The normalized spacial score (nSPS) is 11.5. The largest absolute Gasteiger partial charge is 0.317 e. The van der Waals surface area contributed by atoms with Crippen molar-refractivity contribution in [3.05, 3.63) is 82.7 Å². The van der Waals surface area contributed by atoms with Crippen LogP contribution in [0.5, 0.6) is 0 Å². The van der Waals surface area contributed by atoms with Crippen LogP contribution in [-0.4, -0.2) is 37.0 Å². The minimum Gasteiger partial charge on any atom is -0.317 e. The van der Waals surface area contributed by atoms with E-state index in [0.717, 1.165) is 46.2 Å². The molecule has 0 aliphatic heterocycles. The van der Waals surface area contributed by atoms with Crippen molar-refractivity contribution < 1.29 is 8.78 Å². The lowest BCUT2D eigenvalue weighted by molar-refractivity contribution is 0.0173. The van der Waals surface area contributed by atoms with E-state index in [4.69, 9.17) is 0 Å². The number of benzene rings is 2. The lowest BCUT2D eigenvalue weighted by atomic mass is 10.0. The molecule has 248 valence electrons. The van der Waals surface area contributed by atoms with Crippen LogP contribution in [0.2, 0.25) is 6.82 Å². The van der Waals surface area contributed by atoms with Gasteiger partial charge in [0.15, 0.2) is 0 Å². The first kappa shape index (κ1) is 42.4. The zero-order valence-electron chi connectivity index (χ0n) is 29.9. The van der Waals surface area contributed by atoms with Crippen molar-refractivity contribution >= 4 is 31.4 Å². The second-order valence-corrected chi connectivity index (χ2v) is 11.6. The maximum absolute atomic E-state index is 14.1. The van der Waals surface area contributed by atoms with E-state index >= 15 is 0 Å². The first-order chi connectivity index (χ1) is 21.5. The lowest BCUT2D eigenvalue weighted by Gasteiger charge is -2.14. The molecule has 3 nitrogen and oxygen atoms in total. The summed E-state index contributed by atoms with van der Waals surface area (Å²) in [5.41, 5.74) is 7.16. The van der Waals surface area contributed by atoms with Gasteiger partial charge in [0.25, 0.3) is 5.92 Å². The molecular weight excluding hydrogens is 579 g/mol. The molecule has 1 N–H and O–H groups in total. The van der Waals surface area contributed by atoms with Gasteiger partial charge in [-0.3, -0.25) is 0 Å². The standard InChI is InChI=1S/C27H30F2N2S.C8H19N.C2H6.CH3B/c1-7-18(2)12-23(21-10-8-19(3)9-11-21)17-31-20(4)26(16-30-31)22-13-24(27(5,28)29)15-25(14-22)32-6;1-3-5-6-8-9-7-4-2;2*1-2/h8-17H,7H2,1-6H3;9H,3-8H2,1-2H3;1-2H3;1H3/b18-12?,23-17+;;;. The third kappa shape index (κ3) is 15.5. The topological polar surface area (TPSA) is 29.9 Å². The fourth-order valence-corrected chi connectivity index (χ4v) is 4.69. The number of aryl methyl sites for hydroxylation is 1. The van der Waals surface area contributed by atoms with Gasteiger partial charge in [0, 0.05) is 34.8 Å². The van der Waals surface area contributed by atoms with Crippen molar-refractivity contribution in [3.8, 4) is 11.1 Å². The third-order valence-electron chi connectivity index (χ3n) is 6.99. The molecular formula is C38H58BF2N3S. The van der Waals surface area contributed by atoms with Crippen molar-refractivity contribution in [1.29, 1.82) is 0 Å². The number of allylic oxidation sites excluding steroid dienone is 3. The summed E-state index contributed by atoms with van der Waals surface area (Å²) in [7, 11) is 4.50. The number of aromatic nitrogens is 2. The Morgan fingerprint density at radius 1 is 0.978 bits per heavy atom. The van der Waals surface area contributed by atoms with Gasteiger partial charge in [0.2, 0.25) is 0 Å². The van der Waals surface area contributed by atoms with Gasteiger partial charge < -0.3 is 5.32 Å². The van der Waals surface area contributed by atoms with Crippen molar-refractivity contribution in [1.82, 2.24) is 15.1 Å². The number of rotatable bonds is 13. The minimum atomic E-state index is -2.90. The van der Waals surface area contributed by atoms with E-state index in [0.29, 0.717) is 0 Å². The molecule has 3 aromatic rings. The van der Waals surface area contributed by atoms with Gasteiger partial charge in [-0.2, -0.15) is 5.10 Å². The molecule has 0 aliphatic rings. The van der Waals surface area contributed by atoms with E-state index < -0.39 is 5.92 Å². The number of thioether (sulfide) groups is 1. The summed E-state index contributed by atoms with van der Waals surface area (Å²) in [6.07, 6.45) is 14.1. The molecule has 0 unspecified atom stereocenters. The molecule has 3 rings (SSSR count). The second kappa shape index (κ2) is 23.7. The first-order valence-electron chi connectivity index (χ1n) is 16.4. The van der Waals surface area contributed by atoms with E-state index in [1.54, 1.807) is 18.3 Å². The summed E-state index contributed by atoms with van der Waals surface area (Å²) in [6, 6.07) is 13.5. The number of nitrogens with one attached hydrogen (secondary N) is 1. The highest BCUT2D eigenvalue weighted by atomic mass is 32.2. The fraction of sp³-hybridized carbons (Fsp3) is 0.500. The molecule has 2 radical (unpaired) electrons. The fourth-order valence-electron chi connectivity index (χ4n) is 4.20. The second-order valence-electron chi connectivity index (χ2n) is 10.7. The maximum atomic E-state index is 14.1. The summed E-state index contributed by atoms with van der Waals surface area (Å²) < 4.78 is 30.0. The summed E-state index contributed by atoms with van der Waals surface area (Å²) in [4.78, 5) is 0.809. The Bertz CT molecular complexity index is 1270. The van der Waals surface area contributed by atoms with Crippen molar-refractivity contribution in [3.63, 3.8) is 0 Å². The minimum absolute atomic E-state index is 0.0175. The molecule has 0 amide bonds. The van der Waals surface area contributed by atoms with Gasteiger partial charge in [0.1, 0.15) is 0 Å². The summed E-state index contributed by atoms with van der Waals surface area (Å²) >= 11 is 1.46. The molecule has 7 heteroatoms. The predicted octanol–water partition coefficient (Wildman–Crippen LogP) is 11.8. The zero-order chi connectivity index (χ0) is 34.4. The van der Waals surface area contributed by atoms with Crippen LogP contribution in [0.3, 0.4) is 0 Å². The number of hydrogen-bond acceptors (Lipinski definition) is 3. The van der Waals surface area contributed by atoms with Gasteiger partial charge in [-0.25, -0.2) is 13.5 Å². The average Bonchev–Trinajstić information content (AvgIpc) is 3.41. The summed E-state index contributed by atoms with van der Waals surface area (Å²) in [6.45, 7) is 21.6. The highest BCUT2D eigenvalue weighted by Crippen LogP contribution is 2.35. The Balaban J connectivity index is 0.00000127. The number of unbranched alkanes of at least 4 members (excludes halogenated alkanes) is 2. The molecule has 45 heavy (non-hydrogen) atoms. The van der Waals surface area contributed by atoms with E-state index in [1.807, 2.05) is 44.0 Å². The number of nitrogens with zero attached hydrogens (tertiary/aromatic N) is 2. The van der Waals surface area contributed by atoms with Crippen molar-refractivity contribution in [2.75, 3.05) is 19.3 Å².